The molecule has 0 aliphatic carbocycles. The fourth-order valence-electron chi connectivity index (χ4n) is 4.83. The van der Waals surface area contributed by atoms with Gasteiger partial charge in [0.15, 0.2) is 5.43 Å². The molecule has 2 heterocycles. The van der Waals surface area contributed by atoms with E-state index in [1.807, 2.05) is 13.8 Å². The second-order valence-electron chi connectivity index (χ2n) is 10.3. The second kappa shape index (κ2) is 9.91. The van der Waals surface area contributed by atoms with Gasteiger partial charge in [0.05, 0.1) is 29.2 Å². The lowest BCUT2D eigenvalue weighted by molar-refractivity contribution is -0.137. The Kier molecular flexibility index (Phi) is 6.74. The van der Waals surface area contributed by atoms with Crippen molar-refractivity contribution in [3.8, 4) is 5.75 Å². The Morgan fingerprint density at radius 1 is 0.974 bits per heavy atom. The minimum Gasteiger partial charge on any atom is -0.494 e. The number of alkyl halides is 3. The van der Waals surface area contributed by atoms with Crippen molar-refractivity contribution >= 4 is 22.6 Å². The number of rotatable bonds is 6. The fraction of sp³-hybridized carbons (Fsp3) is 0.290. The molecule has 3 aromatic carbocycles. The molecule has 39 heavy (non-hydrogen) atoms. The van der Waals surface area contributed by atoms with Crippen molar-refractivity contribution in [3.63, 3.8) is 0 Å². The first-order valence-corrected chi connectivity index (χ1v) is 12.8. The Morgan fingerprint density at radius 2 is 1.69 bits per heavy atom. The number of anilines is 1. The van der Waals surface area contributed by atoms with E-state index in [-0.39, 0.29) is 22.6 Å². The van der Waals surface area contributed by atoms with Crippen LogP contribution >= 0.6 is 0 Å². The van der Waals surface area contributed by atoms with Gasteiger partial charge in [0, 0.05) is 5.69 Å². The minimum atomic E-state index is -4.61. The van der Waals surface area contributed by atoms with E-state index in [0.717, 1.165) is 29.7 Å². The van der Waals surface area contributed by atoms with Gasteiger partial charge in [0.25, 0.3) is 5.91 Å². The highest BCUT2D eigenvalue weighted by Crippen LogP contribution is 2.43. The van der Waals surface area contributed by atoms with Gasteiger partial charge in [-0.1, -0.05) is 32.0 Å². The van der Waals surface area contributed by atoms with Crippen molar-refractivity contribution in [2.45, 2.75) is 46.3 Å². The molecule has 0 radical (unpaired) electrons. The average molecular weight is 536 g/mol. The third-order valence-corrected chi connectivity index (χ3v) is 7.08. The van der Waals surface area contributed by atoms with E-state index in [1.54, 1.807) is 36.4 Å². The van der Waals surface area contributed by atoms with E-state index < -0.39 is 29.1 Å². The lowest BCUT2D eigenvalue weighted by atomic mass is 9.97. The van der Waals surface area contributed by atoms with E-state index in [4.69, 9.17) is 9.15 Å². The molecular formula is C31H28F3NO4. The molecule has 1 aromatic heterocycles. The third kappa shape index (κ3) is 4.91. The molecule has 202 valence electrons. The van der Waals surface area contributed by atoms with Crippen molar-refractivity contribution in [2.24, 2.45) is 5.92 Å². The summed E-state index contributed by atoms with van der Waals surface area (Å²) in [4.78, 5) is 28.9. The first-order chi connectivity index (χ1) is 18.5. The number of hydrogen-bond donors (Lipinski definition) is 0. The topological polar surface area (TPSA) is 59.8 Å². The number of nitrogens with zero attached hydrogens (tertiary/aromatic N) is 1. The van der Waals surface area contributed by atoms with E-state index in [9.17, 15) is 22.8 Å². The summed E-state index contributed by atoms with van der Waals surface area (Å²) < 4.78 is 52.7. The van der Waals surface area contributed by atoms with Crippen molar-refractivity contribution in [2.75, 3.05) is 11.5 Å². The lowest BCUT2D eigenvalue weighted by Crippen LogP contribution is -2.29. The molecule has 0 saturated carbocycles. The number of carbonyl (C=O) groups excluding carboxylic acids is 1. The van der Waals surface area contributed by atoms with Gasteiger partial charge < -0.3 is 9.15 Å². The predicted molar refractivity (Wildman–Crippen MR) is 143 cm³/mol. The van der Waals surface area contributed by atoms with Crippen LogP contribution in [0.25, 0.3) is 11.0 Å². The largest absolute Gasteiger partial charge is 0.494 e. The van der Waals surface area contributed by atoms with Crippen LogP contribution in [0, 0.1) is 19.8 Å². The number of amides is 1. The molecule has 0 N–H and O–H groups in total. The number of benzene rings is 3. The molecule has 1 atom stereocenters. The molecule has 8 heteroatoms. The van der Waals surface area contributed by atoms with E-state index >= 15 is 0 Å². The Morgan fingerprint density at radius 3 is 2.41 bits per heavy atom. The summed E-state index contributed by atoms with van der Waals surface area (Å²) in [5, 5.41) is 0.310. The van der Waals surface area contributed by atoms with Crippen LogP contribution in [-0.4, -0.2) is 12.5 Å². The Hall–Kier alpha value is -4.07. The van der Waals surface area contributed by atoms with Crippen molar-refractivity contribution in [3.05, 3.63) is 104 Å². The molecule has 0 bridgehead atoms. The van der Waals surface area contributed by atoms with Crippen LogP contribution in [0.4, 0.5) is 18.9 Å². The standard InChI is InChI=1S/C31H28F3NO4/c1-17(2)11-12-38-23-10-5-7-20(15-23)27-26-28(36)24-13-18(3)19(4)14-25(24)39-29(26)30(37)35(27)22-9-6-8-21(16-22)31(32,33)34/h5-10,13-17,27H,11-12H2,1-4H3. The first kappa shape index (κ1) is 26.5. The second-order valence-corrected chi connectivity index (χ2v) is 10.3. The lowest BCUT2D eigenvalue weighted by Gasteiger charge is -2.26. The Labute approximate surface area is 223 Å². The summed E-state index contributed by atoms with van der Waals surface area (Å²) in [7, 11) is 0. The zero-order valence-electron chi connectivity index (χ0n) is 22.1. The molecule has 4 aromatic rings. The van der Waals surface area contributed by atoms with E-state index in [0.29, 0.717) is 29.2 Å². The van der Waals surface area contributed by atoms with Gasteiger partial charge in [-0.05, 0) is 85.3 Å². The van der Waals surface area contributed by atoms with Gasteiger partial charge in [-0.15, -0.1) is 0 Å². The highest BCUT2D eigenvalue weighted by molar-refractivity contribution is 6.10. The quantitative estimate of drug-likeness (QED) is 0.255. The molecular weight excluding hydrogens is 507 g/mol. The van der Waals surface area contributed by atoms with Crippen LogP contribution in [0.1, 0.15) is 64.7 Å². The highest BCUT2D eigenvalue weighted by Gasteiger charge is 2.44. The molecule has 1 amide bonds. The predicted octanol–water partition coefficient (Wildman–Crippen LogP) is 7.60. The first-order valence-electron chi connectivity index (χ1n) is 12.8. The molecule has 5 rings (SSSR count). The molecule has 0 saturated heterocycles. The van der Waals surface area contributed by atoms with Crippen LogP contribution < -0.4 is 15.1 Å². The summed E-state index contributed by atoms with van der Waals surface area (Å²) in [5.74, 6) is 0.116. The molecule has 1 aliphatic rings. The molecule has 5 nitrogen and oxygen atoms in total. The number of ether oxygens (including phenoxy) is 1. The summed E-state index contributed by atoms with van der Waals surface area (Å²) in [6.07, 6.45) is -3.78. The van der Waals surface area contributed by atoms with Gasteiger partial charge in [0.1, 0.15) is 11.3 Å². The number of aryl methyl sites for hydroxylation is 2. The maximum Gasteiger partial charge on any atom is 0.416 e. The van der Waals surface area contributed by atoms with Gasteiger partial charge in [-0.3, -0.25) is 14.5 Å². The van der Waals surface area contributed by atoms with Gasteiger partial charge in [0.2, 0.25) is 5.76 Å². The SMILES string of the molecule is Cc1cc2oc3c(c(=O)c2cc1C)C(c1cccc(OCCC(C)C)c1)N(c1cccc(C(F)(F)F)c1)C3=O. The number of halogens is 3. The van der Waals surface area contributed by atoms with Crippen LogP contribution in [-0.2, 0) is 6.18 Å². The minimum absolute atomic E-state index is 0.00757. The number of hydrogen-bond acceptors (Lipinski definition) is 4. The maximum absolute atomic E-state index is 13.9. The van der Waals surface area contributed by atoms with Crippen molar-refractivity contribution in [1.29, 1.82) is 0 Å². The van der Waals surface area contributed by atoms with Gasteiger partial charge >= 0.3 is 6.18 Å². The van der Waals surface area contributed by atoms with Crippen LogP contribution in [0.5, 0.6) is 5.75 Å². The summed E-state index contributed by atoms with van der Waals surface area (Å²) >= 11 is 0. The zero-order chi connectivity index (χ0) is 28.1. The van der Waals surface area contributed by atoms with Gasteiger partial charge in [-0.25, -0.2) is 0 Å². The highest BCUT2D eigenvalue weighted by atomic mass is 19.4. The van der Waals surface area contributed by atoms with Crippen molar-refractivity contribution < 1.29 is 27.1 Å². The Bertz CT molecular complexity index is 1640. The third-order valence-electron chi connectivity index (χ3n) is 7.08. The maximum atomic E-state index is 13.9. The van der Waals surface area contributed by atoms with Crippen molar-refractivity contribution in [1.82, 2.24) is 0 Å². The molecule has 0 fully saturated rings. The van der Waals surface area contributed by atoms with Crippen LogP contribution in [0.2, 0.25) is 0 Å². The van der Waals surface area contributed by atoms with E-state index in [2.05, 4.69) is 13.8 Å². The van der Waals surface area contributed by atoms with E-state index in [1.165, 1.54) is 17.0 Å². The normalized spacial score (nSPS) is 15.3. The number of fused-ring (bicyclic) bond motifs is 2. The molecule has 0 spiro atoms. The zero-order valence-corrected chi connectivity index (χ0v) is 22.1. The summed E-state index contributed by atoms with van der Waals surface area (Å²) in [6, 6.07) is 13.9. The summed E-state index contributed by atoms with van der Waals surface area (Å²) in [5.41, 5.74) is 1.35. The monoisotopic (exact) mass is 535 g/mol. The molecule has 1 unspecified atom stereocenters. The average Bonchev–Trinajstić information content (AvgIpc) is 3.17. The smallest absolute Gasteiger partial charge is 0.416 e. The fourth-order valence-corrected chi connectivity index (χ4v) is 4.83. The summed E-state index contributed by atoms with van der Waals surface area (Å²) in [6.45, 7) is 8.38. The van der Waals surface area contributed by atoms with Gasteiger partial charge in [-0.2, -0.15) is 13.2 Å². The molecule has 1 aliphatic heterocycles. The Balaban J connectivity index is 1.71. The number of carbonyl (C=O) groups is 1. The van der Waals surface area contributed by atoms with Crippen LogP contribution in [0.3, 0.4) is 0 Å². The van der Waals surface area contributed by atoms with Crippen LogP contribution in [0.15, 0.2) is 69.9 Å².